The van der Waals surface area contributed by atoms with Gasteiger partial charge in [-0.3, -0.25) is 14.4 Å². The number of anilines is 2. The van der Waals surface area contributed by atoms with Crippen molar-refractivity contribution < 1.29 is 23.2 Å². The lowest BCUT2D eigenvalue weighted by atomic mass is 10.1. The lowest BCUT2D eigenvalue weighted by Crippen LogP contribution is -2.33. The molecule has 0 bridgehead atoms. The van der Waals surface area contributed by atoms with Gasteiger partial charge in [-0.25, -0.2) is 8.78 Å². The molecule has 0 aliphatic rings. The van der Waals surface area contributed by atoms with E-state index in [1.807, 2.05) is 0 Å². The van der Waals surface area contributed by atoms with Crippen molar-refractivity contribution in [3.8, 4) is 0 Å². The van der Waals surface area contributed by atoms with Crippen molar-refractivity contribution in [2.45, 2.75) is 0 Å². The molecule has 0 atom stereocenters. The first-order chi connectivity index (χ1) is 14.4. The van der Waals surface area contributed by atoms with Gasteiger partial charge in [-0.2, -0.15) is 0 Å². The summed E-state index contributed by atoms with van der Waals surface area (Å²) in [5, 5.41) is 7.43. The number of hydrogen-bond donors (Lipinski definition) is 3. The smallest absolute Gasteiger partial charge is 0.255 e. The molecule has 3 rings (SSSR count). The molecule has 3 amide bonds. The Kier molecular flexibility index (Phi) is 6.49. The Morgan fingerprint density at radius 3 is 2.17 bits per heavy atom. The van der Waals surface area contributed by atoms with Gasteiger partial charge < -0.3 is 16.0 Å². The summed E-state index contributed by atoms with van der Waals surface area (Å²) >= 11 is 0. The molecule has 0 saturated carbocycles. The van der Waals surface area contributed by atoms with E-state index in [1.165, 1.54) is 48.5 Å². The van der Waals surface area contributed by atoms with Crippen LogP contribution in [-0.2, 0) is 4.79 Å². The molecule has 0 unspecified atom stereocenters. The summed E-state index contributed by atoms with van der Waals surface area (Å²) in [6.07, 6.45) is 0. The molecule has 0 saturated heterocycles. The zero-order chi connectivity index (χ0) is 21.5. The van der Waals surface area contributed by atoms with Gasteiger partial charge in [0.2, 0.25) is 5.91 Å². The summed E-state index contributed by atoms with van der Waals surface area (Å²) in [5.41, 5.74) is 0.700. The molecule has 0 aromatic heterocycles. The van der Waals surface area contributed by atoms with Crippen LogP contribution in [0.5, 0.6) is 0 Å². The Balaban J connectivity index is 1.58. The summed E-state index contributed by atoms with van der Waals surface area (Å²) < 4.78 is 26.8. The number of hydrogen-bond acceptors (Lipinski definition) is 3. The van der Waals surface area contributed by atoms with Gasteiger partial charge in [0.1, 0.15) is 11.6 Å². The van der Waals surface area contributed by atoms with Crippen molar-refractivity contribution in [2.24, 2.45) is 0 Å². The van der Waals surface area contributed by atoms with Gasteiger partial charge in [0.25, 0.3) is 11.8 Å². The van der Waals surface area contributed by atoms with Crippen LogP contribution >= 0.6 is 0 Å². The Hall–Kier alpha value is -4.07. The third kappa shape index (κ3) is 5.48. The van der Waals surface area contributed by atoms with E-state index < -0.39 is 29.4 Å². The highest BCUT2D eigenvalue weighted by atomic mass is 19.1. The second-order valence-electron chi connectivity index (χ2n) is 6.26. The van der Waals surface area contributed by atoms with Crippen LogP contribution in [0.15, 0.2) is 72.8 Å². The Morgan fingerprint density at radius 1 is 0.733 bits per heavy atom. The molecule has 0 aliphatic carbocycles. The summed E-state index contributed by atoms with van der Waals surface area (Å²) in [7, 11) is 0. The molecule has 3 aromatic rings. The minimum absolute atomic E-state index is 0.165. The van der Waals surface area contributed by atoms with Crippen LogP contribution in [0, 0.1) is 11.6 Å². The van der Waals surface area contributed by atoms with E-state index in [9.17, 15) is 23.2 Å². The third-order valence-electron chi connectivity index (χ3n) is 4.02. The van der Waals surface area contributed by atoms with Crippen LogP contribution in [0.1, 0.15) is 20.7 Å². The lowest BCUT2D eigenvalue weighted by molar-refractivity contribution is -0.115. The summed E-state index contributed by atoms with van der Waals surface area (Å²) in [6, 6.07) is 17.0. The monoisotopic (exact) mass is 409 g/mol. The van der Waals surface area contributed by atoms with E-state index in [2.05, 4.69) is 16.0 Å². The second-order valence-corrected chi connectivity index (χ2v) is 6.26. The number of amides is 3. The van der Waals surface area contributed by atoms with Gasteiger partial charge in [-0.1, -0.05) is 24.3 Å². The molecule has 6 nitrogen and oxygen atoms in total. The van der Waals surface area contributed by atoms with Crippen LogP contribution in [0.25, 0.3) is 0 Å². The molecule has 0 heterocycles. The zero-order valence-corrected chi connectivity index (χ0v) is 15.6. The predicted octanol–water partition coefficient (Wildman–Crippen LogP) is 3.59. The fourth-order valence-electron chi connectivity index (χ4n) is 2.61. The zero-order valence-electron chi connectivity index (χ0n) is 15.6. The van der Waals surface area contributed by atoms with E-state index in [0.29, 0.717) is 11.4 Å². The number of nitrogens with one attached hydrogen (secondary N) is 3. The fraction of sp³-hybridized carbons (Fsp3) is 0.0455. The van der Waals surface area contributed by atoms with Crippen LogP contribution in [0.4, 0.5) is 20.2 Å². The van der Waals surface area contributed by atoms with Crippen molar-refractivity contribution >= 4 is 29.1 Å². The topological polar surface area (TPSA) is 87.3 Å². The van der Waals surface area contributed by atoms with Crippen molar-refractivity contribution in [3.05, 3.63) is 95.6 Å². The van der Waals surface area contributed by atoms with E-state index in [1.54, 1.807) is 18.2 Å². The molecule has 8 heteroatoms. The largest absolute Gasteiger partial charge is 0.343 e. The molecular weight excluding hydrogens is 392 g/mol. The normalized spacial score (nSPS) is 10.2. The number of carbonyl (C=O) groups excluding carboxylic acids is 3. The van der Waals surface area contributed by atoms with Crippen LogP contribution < -0.4 is 16.0 Å². The highest BCUT2D eigenvalue weighted by Gasteiger charge is 2.13. The average Bonchev–Trinajstić information content (AvgIpc) is 2.72. The molecule has 0 fully saturated rings. The summed E-state index contributed by atoms with van der Waals surface area (Å²) in [6.45, 7) is -0.382. The van der Waals surface area contributed by atoms with Crippen molar-refractivity contribution in [1.82, 2.24) is 5.32 Å². The molecule has 0 spiro atoms. The maximum atomic E-state index is 13.6. The fourth-order valence-corrected chi connectivity index (χ4v) is 2.61. The Labute approximate surface area is 170 Å². The molecule has 0 radical (unpaired) electrons. The molecular formula is C22H17F2N3O3. The number of halogens is 2. The van der Waals surface area contributed by atoms with E-state index in [4.69, 9.17) is 0 Å². The first-order valence-corrected chi connectivity index (χ1v) is 8.92. The summed E-state index contributed by atoms with van der Waals surface area (Å²) in [4.78, 5) is 36.4. The SMILES string of the molecule is O=C(CNC(=O)c1ccccc1F)Nc1cccc(C(=O)Nc2cccc(F)c2)c1. The van der Waals surface area contributed by atoms with Gasteiger partial charge in [-0.15, -0.1) is 0 Å². The minimum atomic E-state index is -0.716. The highest BCUT2D eigenvalue weighted by Crippen LogP contribution is 2.14. The van der Waals surface area contributed by atoms with Crippen molar-refractivity contribution in [1.29, 1.82) is 0 Å². The number of carbonyl (C=O) groups is 3. The second kappa shape index (κ2) is 9.42. The van der Waals surface area contributed by atoms with Gasteiger partial charge in [0, 0.05) is 16.9 Å². The average molecular weight is 409 g/mol. The Bertz CT molecular complexity index is 1100. The minimum Gasteiger partial charge on any atom is -0.343 e. The van der Waals surface area contributed by atoms with Crippen LogP contribution in [0.2, 0.25) is 0 Å². The first-order valence-electron chi connectivity index (χ1n) is 8.92. The lowest BCUT2D eigenvalue weighted by Gasteiger charge is -2.09. The number of rotatable bonds is 6. The molecule has 152 valence electrons. The Morgan fingerprint density at radius 2 is 1.43 bits per heavy atom. The molecule has 3 aromatic carbocycles. The maximum Gasteiger partial charge on any atom is 0.255 e. The van der Waals surface area contributed by atoms with Gasteiger partial charge in [0.15, 0.2) is 0 Å². The first kappa shape index (κ1) is 20.7. The standard InChI is InChI=1S/C22H17F2N3O3/c23-15-6-4-8-17(12-15)27-21(29)14-5-3-7-16(11-14)26-20(28)13-25-22(30)18-9-1-2-10-19(18)24/h1-12H,13H2,(H,25,30)(H,26,28)(H,27,29). The summed E-state index contributed by atoms with van der Waals surface area (Å²) in [5.74, 6) is -2.92. The van der Waals surface area contributed by atoms with E-state index in [0.717, 1.165) is 6.07 Å². The van der Waals surface area contributed by atoms with E-state index in [-0.39, 0.29) is 17.7 Å². The van der Waals surface area contributed by atoms with Crippen molar-refractivity contribution in [3.63, 3.8) is 0 Å². The third-order valence-corrected chi connectivity index (χ3v) is 4.02. The highest BCUT2D eigenvalue weighted by molar-refractivity contribution is 6.05. The van der Waals surface area contributed by atoms with Crippen LogP contribution in [-0.4, -0.2) is 24.3 Å². The van der Waals surface area contributed by atoms with Gasteiger partial charge in [-0.05, 0) is 48.5 Å². The molecule has 30 heavy (non-hydrogen) atoms. The number of benzene rings is 3. The molecule has 0 aliphatic heterocycles. The van der Waals surface area contributed by atoms with E-state index >= 15 is 0 Å². The van der Waals surface area contributed by atoms with Crippen LogP contribution in [0.3, 0.4) is 0 Å². The van der Waals surface area contributed by atoms with Gasteiger partial charge in [0.05, 0.1) is 12.1 Å². The van der Waals surface area contributed by atoms with Gasteiger partial charge >= 0.3 is 0 Å². The maximum absolute atomic E-state index is 13.6. The quantitative estimate of drug-likeness (QED) is 0.582. The predicted molar refractivity (Wildman–Crippen MR) is 108 cm³/mol. The molecule has 3 N–H and O–H groups in total. The van der Waals surface area contributed by atoms with Crippen molar-refractivity contribution in [2.75, 3.05) is 17.2 Å².